The molecule has 106 valence electrons. The molecule has 1 aromatic heterocycles. The maximum atomic E-state index is 9.67. The molecule has 0 aliphatic heterocycles. The molecular formula is C16H19BrN2O. The fourth-order valence-corrected chi connectivity index (χ4v) is 2.82. The molecule has 0 aliphatic rings. The first-order chi connectivity index (χ1) is 9.61. The maximum absolute atomic E-state index is 9.67. The average molecular weight is 335 g/mol. The van der Waals surface area contributed by atoms with Crippen molar-refractivity contribution in [3.63, 3.8) is 0 Å². The Hall–Kier alpha value is -1.39. The molecule has 2 aromatic rings. The summed E-state index contributed by atoms with van der Waals surface area (Å²) in [5.74, 6) is 0. The number of halogens is 1. The normalized spacial score (nSPS) is 12.2. The van der Waals surface area contributed by atoms with Crippen LogP contribution in [-0.2, 0) is 6.54 Å². The van der Waals surface area contributed by atoms with E-state index in [0.717, 1.165) is 34.5 Å². The molecule has 3 nitrogen and oxygen atoms in total. The second-order valence-corrected chi connectivity index (χ2v) is 5.57. The second kappa shape index (κ2) is 6.86. The van der Waals surface area contributed by atoms with E-state index in [1.165, 1.54) is 0 Å². The summed E-state index contributed by atoms with van der Waals surface area (Å²) in [5, 5.41) is 9.67. The number of hydrogen-bond acceptors (Lipinski definition) is 3. The van der Waals surface area contributed by atoms with Crippen LogP contribution >= 0.6 is 15.9 Å². The summed E-state index contributed by atoms with van der Waals surface area (Å²) in [5.41, 5.74) is 3.07. The van der Waals surface area contributed by atoms with Gasteiger partial charge in [0.15, 0.2) is 0 Å². The highest BCUT2D eigenvalue weighted by Gasteiger charge is 2.11. The number of anilines is 1. The summed E-state index contributed by atoms with van der Waals surface area (Å²) in [7, 11) is 0. The summed E-state index contributed by atoms with van der Waals surface area (Å²) in [6.45, 7) is 5.57. The van der Waals surface area contributed by atoms with Crippen LogP contribution in [0.25, 0.3) is 0 Å². The molecule has 0 saturated carbocycles. The van der Waals surface area contributed by atoms with E-state index in [2.05, 4.69) is 38.8 Å². The fraction of sp³-hybridized carbons (Fsp3) is 0.312. The van der Waals surface area contributed by atoms with Crippen LogP contribution in [0.5, 0.6) is 0 Å². The highest BCUT2D eigenvalue weighted by Crippen LogP contribution is 2.28. The van der Waals surface area contributed by atoms with E-state index >= 15 is 0 Å². The van der Waals surface area contributed by atoms with Crippen molar-refractivity contribution in [1.82, 2.24) is 4.98 Å². The molecule has 0 spiro atoms. The lowest BCUT2D eigenvalue weighted by Crippen LogP contribution is -2.22. The molecule has 1 aromatic carbocycles. The summed E-state index contributed by atoms with van der Waals surface area (Å²) < 4.78 is 0.935. The third kappa shape index (κ3) is 3.58. The molecule has 0 radical (unpaired) electrons. The summed E-state index contributed by atoms with van der Waals surface area (Å²) in [6, 6.07) is 12.0. The Bertz CT molecular complexity index is 558. The lowest BCUT2D eigenvalue weighted by Gasteiger charge is -2.23. The van der Waals surface area contributed by atoms with Gasteiger partial charge in [0.05, 0.1) is 18.3 Å². The quantitative estimate of drug-likeness (QED) is 0.900. The predicted molar refractivity (Wildman–Crippen MR) is 85.7 cm³/mol. The van der Waals surface area contributed by atoms with Crippen LogP contribution in [0.1, 0.15) is 31.2 Å². The number of hydrogen-bond donors (Lipinski definition) is 1. The third-order valence-electron chi connectivity index (χ3n) is 3.26. The Labute approximate surface area is 128 Å². The number of nitrogens with zero attached hydrogens (tertiary/aromatic N) is 2. The van der Waals surface area contributed by atoms with Gasteiger partial charge in [-0.1, -0.05) is 28.1 Å². The van der Waals surface area contributed by atoms with Crippen molar-refractivity contribution >= 4 is 21.6 Å². The summed E-state index contributed by atoms with van der Waals surface area (Å²) in [4.78, 5) is 6.62. The van der Waals surface area contributed by atoms with Gasteiger partial charge in [0, 0.05) is 22.9 Å². The van der Waals surface area contributed by atoms with Crippen molar-refractivity contribution in [3.05, 3.63) is 58.3 Å². The Balaban J connectivity index is 2.22. The van der Waals surface area contributed by atoms with Crippen molar-refractivity contribution in [2.75, 3.05) is 11.4 Å². The summed E-state index contributed by atoms with van der Waals surface area (Å²) >= 11 is 3.53. The van der Waals surface area contributed by atoms with Crippen LogP contribution in [0, 0.1) is 0 Å². The van der Waals surface area contributed by atoms with E-state index in [0.29, 0.717) is 0 Å². The molecule has 20 heavy (non-hydrogen) atoms. The Morgan fingerprint density at radius 1 is 1.30 bits per heavy atom. The lowest BCUT2D eigenvalue weighted by atomic mass is 10.1. The van der Waals surface area contributed by atoms with Gasteiger partial charge in [0.25, 0.3) is 0 Å². The SMILES string of the molecule is CCN(Cc1ccccn1)c1ccc([C@H](C)O)c(Br)c1. The molecule has 1 heterocycles. The van der Waals surface area contributed by atoms with E-state index < -0.39 is 6.10 Å². The Morgan fingerprint density at radius 2 is 2.10 bits per heavy atom. The lowest BCUT2D eigenvalue weighted by molar-refractivity contribution is 0.198. The standard InChI is InChI=1S/C16H19BrN2O/c1-3-19(11-13-6-4-5-9-18-13)14-7-8-15(12(2)20)16(17)10-14/h4-10,12,20H,3,11H2,1-2H3/t12-/m0/s1. The van der Waals surface area contributed by atoms with Crippen molar-refractivity contribution in [2.24, 2.45) is 0 Å². The van der Waals surface area contributed by atoms with Crippen LogP contribution in [-0.4, -0.2) is 16.6 Å². The molecule has 2 rings (SSSR count). The van der Waals surface area contributed by atoms with Gasteiger partial charge in [-0.25, -0.2) is 0 Å². The predicted octanol–water partition coefficient (Wildman–Crippen LogP) is 3.92. The molecule has 0 amide bonds. The highest BCUT2D eigenvalue weighted by atomic mass is 79.9. The Kier molecular flexibility index (Phi) is 5.15. The number of aliphatic hydroxyl groups excluding tert-OH is 1. The first kappa shape index (κ1) is 15.0. The van der Waals surface area contributed by atoms with Crippen LogP contribution in [0.4, 0.5) is 5.69 Å². The van der Waals surface area contributed by atoms with Crippen LogP contribution in [0.3, 0.4) is 0 Å². The third-order valence-corrected chi connectivity index (χ3v) is 3.95. The fourth-order valence-electron chi connectivity index (χ4n) is 2.12. The van der Waals surface area contributed by atoms with E-state index in [4.69, 9.17) is 0 Å². The van der Waals surface area contributed by atoms with Gasteiger partial charge in [-0.05, 0) is 43.7 Å². The van der Waals surface area contributed by atoms with E-state index in [9.17, 15) is 5.11 Å². The number of aliphatic hydroxyl groups is 1. The van der Waals surface area contributed by atoms with Crippen molar-refractivity contribution in [1.29, 1.82) is 0 Å². The van der Waals surface area contributed by atoms with E-state index in [-0.39, 0.29) is 0 Å². The van der Waals surface area contributed by atoms with E-state index in [1.807, 2.05) is 36.5 Å². The molecule has 1 N–H and O–H groups in total. The van der Waals surface area contributed by atoms with Gasteiger partial charge in [-0.3, -0.25) is 4.98 Å². The van der Waals surface area contributed by atoms with Crippen LogP contribution in [0.2, 0.25) is 0 Å². The first-order valence-corrected chi connectivity index (χ1v) is 7.53. The minimum Gasteiger partial charge on any atom is -0.389 e. The molecule has 0 saturated heterocycles. The Morgan fingerprint density at radius 3 is 2.65 bits per heavy atom. The van der Waals surface area contributed by atoms with Gasteiger partial charge < -0.3 is 10.0 Å². The molecule has 0 aliphatic carbocycles. The van der Waals surface area contributed by atoms with Crippen LogP contribution < -0.4 is 4.90 Å². The molecule has 0 unspecified atom stereocenters. The minimum absolute atomic E-state index is 0.468. The maximum Gasteiger partial charge on any atom is 0.0772 e. The van der Waals surface area contributed by atoms with Gasteiger partial charge in [0.1, 0.15) is 0 Å². The van der Waals surface area contributed by atoms with Gasteiger partial charge in [-0.15, -0.1) is 0 Å². The zero-order chi connectivity index (χ0) is 14.5. The number of rotatable bonds is 5. The van der Waals surface area contributed by atoms with Crippen molar-refractivity contribution in [3.8, 4) is 0 Å². The molecule has 1 atom stereocenters. The monoisotopic (exact) mass is 334 g/mol. The number of aromatic nitrogens is 1. The van der Waals surface area contributed by atoms with Crippen LogP contribution in [0.15, 0.2) is 47.1 Å². The second-order valence-electron chi connectivity index (χ2n) is 4.72. The average Bonchev–Trinajstić information content (AvgIpc) is 2.45. The first-order valence-electron chi connectivity index (χ1n) is 6.74. The van der Waals surface area contributed by atoms with E-state index in [1.54, 1.807) is 6.92 Å². The minimum atomic E-state index is -0.468. The molecule has 4 heteroatoms. The highest BCUT2D eigenvalue weighted by molar-refractivity contribution is 9.10. The summed E-state index contributed by atoms with van der Waals surface area (Å²) in [6.07, 6.45) is 1.35. The zero-order valence-electron chi connectivity index (χ0n) is 11.8. The van der Waals surface area contributed by atoms with Gasteiger partial charge in [-0.2, -0.15) is 0 Å². The van der Waals surface area contributed by atoms with Crippen molar-refractivity contribution in [2.45, 2.75) is 26.5 Å². The number of benzene rings is 1. The largest absolute Gasteiger partial charge is 0.389 e. The number of pyridine rings is 1. The molecule has 0 bridgehead atoms. The topological polar surface area (TPSA) is 36.4 Å². The van der Waals surface area contributed by atoms with Gasteiger partial charge in [0.2, 0.25) is 0 Å². The zero-order valence-corrected chi connectivity index (χ0v) is 13.3. The van der Waals surface area contributed by atoms with Crippen molar-refractivity contribution < 1.29 is 5.11 Å². The molecule has 0 fully saturated rings. The smallest absolute Gasteiger partial charge is 0.0772 e. The van der Waals surface area contributed by atoms with Gasteiger partial charge >= 0.3 is 0 Å². The molecular weight excluding hydrogens is 316 g/mol.